The molecule has 0 radical (unpaired) electrons. The van der Waals surface area contributed by atoms with Crippen molar-refractivity contribution in [3.63, 3.8) is 0 Å². The molecule has 0 unspecified atom stereocenters. The molecule has 0 aliphatic rings. The Bertz CT molecular complexity index is 1070. The Balaban J connectivity index is 1.62. The van der Waals surface area contributed by atoms with Crippen LogP contribution in [0.15, 0.2) is 36.7 Å². The Morgan fingerprint density at radius 3 is 2.96 bits per heavy atom. The standard InChI is InChI=1S/C17H15ClN6O/c1-9-7-19-16-13(18)14(23-24(16)8-9)17(25)20-10(2)15-21-11-5-3-4-6-12(11)22-15/h3-8,10H,1-2H3,(H,20,25)(H,21,22)/t10-/m0/s1. The zero-order valence-electron chi connectivity index (χ0n) is 13.6. The molecule has 8 heteroatoms. The second-order valence-corrected chi connectivity index (χ2v) is 6.27. The third kappa shape index (κ3) is 2.72. The molecule has 0 aliphatic heterocycles. The van der Waals surface area contributed by atoms with Gasteiger partial charge in [-0.05, 0) is 31.5 Å². The van der Waals surface area contributed by atoms with E-state index in [1.165, 1.54) is 4.52 Å². The summed E-state index contributed by atoms with van der Waals surface area (Å²) in [5, 5.41) is 7.34. The molecule has 2 N–H and O–H groups in total. The van der Waals surface area contributed by atoms with E-state index in [0.29, 0.717) is 11.5 Å². The molecule has 1 amide bonds. The van der Waals surface area contributed by atoms with Crippen LogP contribution in [-0.2, 0) is 0 Å². The van der Waals surface area contributed by atoms with Gasteiger partial charge < -0.3 is 10.3 Å². The van der Waals surface area contributed by atoms with Crippen LogP contribution in [0.4, 0.5) is 0 Å². The molecule has 4 aromatic rings. The Hall–Kier alpha value is -2.93. The van der Waals surface area contributed by atoms with E-state index in [0.717, 1.165) is 16.6 Å². The third-order valence-corrected chi connectivity index (χ3v) is 4.27. The number of H-pyrrole nitrogens is 1. The maximum absolute atomic E-state index is 12.6. The molecule has 0 saturated heterocycles. The summed E-state index contributed by atoms with van der Waals surface area (Å²) in [5.41, 5.74) is 3.29. The number of aromatic nitrogens is 5. The summed E-state index contributed by atoms with van der Waals surface area (Å²) in [6.45, 7) is 3.74. The van der Waals surface area contributed by atoms with Crippen molar-refractivity contribution in [3.8, 4) is 0 Å². The van der Waals surface area contributed by atoms with Crippen molar-refractivity contribution in [2.24, 2.45) is 0 Å². The lowest BCUT2D eigenvalue weighted by molar-refractivity contribution is 0.0933. The lowest BCUT2D eigenvalue weighted by Crippen LogP contribution is -2.28. The van der Waals surface area contributed by atoms with Gasteiger partial charge in [-0.2, -0.15) is 5.10 Å². The smallest absolute Gasteiger partial charge is 0.274 e. The average molecular weight is 355 g/mol. The molecule has 25 heavy (non-hydrogen) atoms. The van der Waals surface area contributed by atoms with Crippen LogP contribution >= 0.6 is 11.6 Å². The summed E-state index contributed by atoms with van der Waals surface area (Å²) in [6.07, 6.45) is 3.45. The Morgan fingerprint density at radius 1 is 1.36 bits per heavy atom. The molecule has 1 aromatic carbocycles. The van der Waals surface area contributed by atoms with Crippen LogP contribution in [0.25, 0.3) is 16.7 Å². The summed E-state index contributed by atoms with van der Waals surface area (Å²) in [5.74, 6) is 0.296. The minimum Gasteiger partial charge on any atom is -0.341 e. The first-order chi connectivity index (χ1) is 12.0. The molecule has 7 nitrogen and oxygen atoms in total. The first-order valence-corrected chi connectivity index (χ1v) is 8.16. The molecular weight excluding hydrogens is 340 g/mol. The number of halogens is 1. The van der Waals surface area contributed by atoms with E-state index in [4.69, 9.17) is 11.6 Å². The second-order valence-electron chi connectivity index (χ2n) is 5.90. The fourth-order valence-electron chi connectivity index (χ4n) is 2.66. The van der Waals surface area contributed by atoms with Gasteiger partial charge in [0.15, 0.2) is 11.3 Å². The molecule has 3 aromatic heterocycles. The predicted octanol–water partition coefficient (Wildman–Crippen LogP) is 3.06. The van der Waals surface area contributed by atoms with Crippen LogP contribution in [0.1, 0.15) is 34.8 Å². The van der Waals surface area contributed by atoms with Gasteiger partial charge in [0.05, 0.1) is 17.1 Å². The number of fused-ring (bicyclic) bond motifs is 2. The van der Waals surface area contributed by atoms with Crippen molar-refractivity contribution in [1.82, 2.24) is 29.9 Å². The zero-order valence-corrected chi connectivity index (χ0v) is 14.4. The third-order valence-electron chi connectivity index (χ3n) is 3.93. The van der Waals surface area contributed by atoms with Gasteiger partial charge in [0.25, 0.3) is 5.91 Å². The number of rotatable bonds is 3. The van der Waals surface area contributed by atoms with Crippen LogP contribution in [0.5, 0.6) is 0 Å². The van der Waals surface area contributed by atoms with E-state index in [2.05, 4.69) is 25.4 Å². The maximum Gasteiger partial charge on any atom is 0.274 e. The monoisotopic (exact) mass is 354 g/mol. The van der Waals surface area contributed by atoms with Gasteiger partial charge >= 0.3 is 0 Å². The number of aryl methyl sites for hydroxylation is 1. The summed E-state index contributed by atoms with van der Waals surface area (Å²) in [7, 11) is 0. The highest BCUT2D eigenvalue weighted by Gasteiger charge is 2.22. The fraction of sp³-hybridized carbons (Fsp3) is 0.176. The molecule has 0 spiro atoms. The number of hydrogen-bond donors (Lipinski definition) is 2. The SMILES string of the molecule is Cc1cnc2c(Cl)c(C(=O)N[C@@H](C)c3nc4ccccc4[nH]3)nn2c1. The summed E-state index contributed by atoms with van der Waals surface area (Å²) >= 11 is 6.27. The molecule has 0 saturated carbocycles. The topological polar surface area (TPSA) is 88.0 Å². The zero-order chi connectivity index (χ0) is 17.6. The van der Waals surface area contributed by atoms with Crippen molar-refractivity contribution in [1.29, 1.82) is 0 Å². The number of benzene rings is 1. The number of nitrogens with one attached hydrogen (secondary N) is 2. The number of imidazole rings is 1. The van der Waals surface area contributed by atoms with E-state index < -0.39 is 0 Å². The van der Waals surface area contributed by atoms with E-state index >= 15 is 0 Å². The molecule has 126 valence electrons. The lowest BCUT2D eigenvalue weighted by atomic mass is 10.3. The van der Waals surface area contributed by atoms with E-state index in [9.17, 15) is 4.79 Å². The van der Waals surface area contributed by atoms with E-state index in [1.54, 1.807) is 12.4 Å². The first kappa shape index (κ1) is 15.6. The first-order valence-electron chi connectivity index (χ1n) is 7.79. The van der Waals surface area contributed by atoms with Gasteiger partial charge in [0.2, 0.25) is 0 Å². The molecule has 0 bridgehead atoms. The minimum atomic E-state index is -0.374. The molecule has 0 fully saturated rings. The largest absolute Gasteiger partial charge is 0.341 e. The number of amides is 1. The molecular formula is C17H15ClN6O. The van der Waals surface area contributed by atoms with Gasteiger partial charge in [-0.15, -0.1) is 0 Å². The van der Waals surface area contributed by atoms with Gasteiger partial charge in [-0.3, -0.25) is 4.79 Å². The minimum absolute atomic E-state index is 0.141. The number of carbonyl (C=O) groups is 1. The normalized spacial score (nSPS) is 12.6. The molecule has 0 aliphatic carbocycles. The van der Waals surface area contributed by atoms with Crippen LogP contribution in [0.3, 0.4) is 0 Å². The van der Waals surface area contributed by atoms with Crippen molar-refractivity contribution < 1.29 is 4.79 Å². The lowest BCUT2D eigenvalue weighted by Gasteiger charge is -2.10. The molecule has 4 rings (SSSR count). The number of carbonyl (C=O) groups excluding carboxylic acids is 1. The van der Waals surface area contributed by atoms with E-state index in [-0.39, 0.29) is 22.7 Å². The van der Waals surface area contributed by atoms with Gasteiger partial charge in [0.1, 0.15) is 10.8 Å². The number of para-hydroxylation sites is 2. The second kappa shape index (κ2) is 5.86. The van der Waals surface area contributed by atoms with Crippen molar-refractivity contribution >= 4 is 34.2 Å². The Morgan fingerprint density at radius 2 is 2.16 bits per heavy atom. The van der Waals surface area contributed by atoms with Crippen molar-refractivity contribution in [2.45, 2.75) is 19.9 Å². The predicted molar refractivity (Wildman–Crippen MR) is 94.7 cm³/mol. The van der Waals surface area contributed by atoms with Crippen LogP contribution in [-0.4, -0.2) is 30.5 Å². The Kier molecular flexibility index (Phi) is 3.65. The quantitative estimate of drug-likeness (QED) is 0.592. The van der Waals surface area contributed by atoms with Gasteiger partial charge in [-0.1, -0.05) is 23.7 Å². The van der Waals surface area contributed by atoms with Crippen LogP contribution < -0.4 is 5.32 Å². The Labute approximate surface area is 148 Å². The number of hydrogen-bond acceptors (Lipinski definition) is 4. The summed E-state index contributed by atoms with van der Waals surface area (Å²) in [6, 6.07) is 7.38. The number of aromatic amines is 1. The molecule has 3 heterocycles. The maximum atomic E-state index is 12.6. The summed E-state index contributed by atoms with van der Waals surface area (Å²) < 4.78 is 1.51. The van der Waals surface area contributed by atoms with Crippen molar-refractivity contribution in [3.05, 3.63) is 58.8 Å². The average Bonchev–Trinajstić information content (AvgIpc) is 3.16. The highest BCUT2D eigenvalue weighted by molar-refractivity contribution is 6.36. The van der Waals surface area contributed by atoms with Crippen molar-refractivity contribution in [2.75, 3.05) is 0 Å². The van der Waals surface area contributed by atoms with Crippen LogP contribution in [0, 0.1) is 6.92 Å². The fourth-order valence-corrected chi connectivity index (χ4v) is 2.92. The highest BCUT2D eigenvalue weighted by Crippen LogP contribution is 2.22. The van der Waals surface area contributed by atoms with Crippen LogP contribution in [0.2, 0.25) is 5.02 Å². The molecule has 1 atom stereocenters. The summed E-state index contributed by atoms with van der Waals surface area (Å²) in [4.78, 5) is 24.5. The van der Waals surface area contributed by atoms with Gasteiger partial charge in [-0.25, -0.2) is 14.5 Å². The van der Waals surface area contributed by atoms with Gasteiger partial charge in [0, 0.05) is 12.4 Å². The highest BCUT2D eigenvalue weighted by atomic mass is 35.5. The number of nitrogens with zero attached hydrogens (tertiary/aromatic N) is 4. The van der Waals surface area contributed by atoms with E-state index in [1.807, 2.05) is 38.1 Å².